The second kappa shape index (κ2) is 7.48. The van der Waals surface area contributed by atoms with Crippen LogP contribution in [-0.4, -0.2) is 30.0 Å². The van der Waals surface area contributed by atoms with Crippen LogP contribution in [0, 0.1) is 0 Å². The van der Waals surface area contributed by atoms with Crippen LogP contribution in [0.5, 0.6) is 0 Å². The van der Waals surface area contributed by atoms with Crippen LogP contribution < -0.4 is 5.32 Å². The molecule has 0 atom stereocenters. The molecular weight excluding hydrogens is 266 g/mol. The van der Waals surface area contributed by atoms with E-state index in [9.17, 15) is 9.59 Å². The summed E-state index contributed by atoms with van der Waals surface area (Å²) in [6, 6.07) is 7.32. The van der Waals surface area contributed by atoms with E-state index in [1.54, 1.807) is 17.8 Å². The number of anilines is 1. The Bertz CT molecular complexity index is 487. The Kier molecular flexibility index (Phi) is 5.95. The SMILES string of the molecule is C=C(CCOC(=O)Nc1cccc(SC)c1)C(=O)O. The molecule has 1 amide bonds. The second-order valence-electron chi connectivity index (χ2n) is 3.65. The molecule has 1 aromatic carbocycles. The topological polar surface area (TPSA) is 75.6 Å². The lowest BCUT2D eigenvalue weighted by Gasteiger charge is -2.07. The molecule has 0 heterocycles. The van der Waals surface area contributed by atoms with Crippen LogP contribution in [0.1, 0.15) is 6.42 Å². The maximum Gasteiger partial charge on any atom is 0.411 e. The zero-order chi connectivity index (χ0) is 14.3. The van der Waals surface area contributed by atoms with Gasteiger partial charge in [-0.2, -0.15) is 0 Å². The third kappa shape index (κ3) is 5.48. The lowest BCUT2D eigenvalue weighted by Crippen LogP contribution is -2.15. The highest BCUT2D eigenvalue weighted by Gasteiger charge is 2.07. The van der Waals surface area contributed by atoms with Crippen molar-refractivity contribution in [3.05, 3.63) is 36.4 Å². The summed E-state index contributed by atoms with van der Waals surface area (Å²) in [7, 11) is 0. The maximum absolute atomic E-state index is 11.4. The van der Waals surface area contributed by atoms with Crippen LogP contribution in [0.15, 0.2) is 41.3 Å². The Labute approximate surface area is 115 Å². The van der Waals surface area contributed by atoms with Gasteiger partial charge in [0.1, 0.15) is 0 Å². The number of carbonyl (C=O) groups is 2. The number of nitrogens with one attached hydrogen (secondary N) is 1. The van der Waals surface area contributed by atoms with Gasteiger partial charge in [0.15, 0.2) is 0 Å². The Morgan fingerprint density at radius 2 is 2.21 bits per heavy atom. The van der Waals surface area contributed by atoms with Crippen molar-refractivity contribution in [2.45, 2.75) is 11.3 Å². The molecule has 5 nitrogen and oxygen atoms in total. The monoisotopic (exact) mass is 281 g/mol. The van der Waals surface area contributed by atoms with Gasteiger partial charge in [-0.15, -0.1) is 11.8 Å². The molecule has 0 saturated heterocycles. The number of rotatable bonds is 6. The summed E-state index contributed by atoms with van der Waals surface area (Å²) in [5, 5.41) is 11.2. The van der Waals surface area contributed by atoms with Gasteiger partial charge in [-0.3, -0.25) is 5.32 Å². The molecule has 1 aromatic rings. The predicted octanol–water partition coefficient (Wildman–Crippen LogP) is 2.99. The minimum Gasteiger partial charge on any atom is -0.478 e. The van der Waals surface area contributed by atoms with Crippen LogP contribution in [0.2, 0.25) is 0 Å². The van der Waals surface area contributed by atoms with Gasteiger partial charge in [-0.25, -0.2) is 9.59 Å². The number of hydrogen-bond donors (Lipinski definition) is 2. The molecule has 1 rings (SSSR count). The molecular formula is C13H15NO4S. The molecule has 0 aliphatic rings. The first-order valence-electron chi connectivity index (χ1n) is 5.52. The number of ether oxygens (including phenoxy) is 1. The average molecular weight is 281 g/mol. The Hall–Kier alpha value is -1.95. The highest BCUT2D eigenvalue weighted by Crippen LogP contribution is 2.19. The van der Waals surface area contributed by atoms with E-state index >= 15 is 0 Å². The van der Waals surface area contributed by atoms with Gasteiger partial charge in [0.2, 0.25) is 0 Å². The van der Waals surface area contributed by atoms with Crippen molar-refractivity contribution in [2.75, 3.05) is 18.2 Å². The van der Waals surface area contributed by atoms with Crippen molar-refractivity contribution in [3.63, 3.8) is 0 Å². The highest BCUT2D eigenvalue weighted by atomic mass is 32.2. The van der Waals surface area contributed by atoms with Crippen molar-refractivity contribution >= 4 is 29.5 Å². The van der Waals surface area contributed by atoms with Gasteiger partial charge in [-0.05, 0) is 24.5 Å². The number of hydrogen-bond acceptors (Lipinski definition) is 4. The van der Waals surface area contributed by atoms with E-state index in [4.69, 9.17) is 9.84 Å². The highest BCUT2D eigenvalue weighted by molar-refractivity contribution is 7.98. The number of carboxylic acid groups (broad SMARTS) is 1. The summed E-state index contributed by atoms with van der Waals surface area (Å²) in [5.74, 6) is -1.09. The second-order valence-corrected chi connectivity index (χ2v) is 4.53. The Balaban J connectivity index is 2.38. The summed E-state index contributed by atoms with van der Waals surface area (Å²) in [6.07, 6.45) is 1.43. The summed E-state index contributed by atoms with van der Waals surface area (Å²) >= 11 is 1.57. The zero-order valence-corrected chi connectivity index (χ0v) is 11.3. The van der Waals surface area contributed by atoms with Gasteiger partial charge >= 0.3 is 12.1 Å². The average Bonchev–Trinajstić information content (AvgIpc) is 2.38. The normalized spacial score (nSPS) is 9.74. The summed E-state index contributed by atoms with van der Waals surface area (Å²) in [4.78, 5) is 22.9. The Morgan fingerprint density at radius 1 is 1.47 bits per heavy atom. The number of benzene rings is 1. The van der Waals surface area contributed by atoms with Crippen molar-refractivity contribution in [1.82, 2.24) is 0 Å². The first kappa shape index (κ1) is 15.1. The number of aliphatic carboxylic acids is 1. The molecule has 6 heteroatoms. The third-order valence-electron chi connectivity index (χ3n) is 2.26. The summed E-state index contributed by atoms with van der Waals surface area (Å²) < 4.78 is 4.86. The van der Waals surface area contributed by atoms with Crippen LogP contribution in [0.25, 0.3) is 0 Å². The Morgan fingerprint density at radius 3 is 2.84 bits per heavy atom. The molecule has 0 aromatic heterocycles. The molecule has 2 N–H and O–H groups in total. The van der Waals surface area contributed by atoms with Crippen molar-refractivity contribution in [2.24, 2.45) is 0 Å². The molecule has 0 radical (unpaired) electrons. The van der Waals surface area contributed by atoms with Crippen LogP contribution in [0.4, 0.5) is 10.5 Å². The van der Waals surface area contributed by atoms with Crippen molar-refractivity contribution in [1.29, 1.82) is 0 Å². The van der Waals surface area contributed by atoms with Crippen LogP contribution >= 0.6 is 11.8 Å². The van der Waals surface area contributed by atoms with E-state index in [0.717, 1.165) is 4.90 Å². The molecule has 0 saturated carbocycles. The maximum atomic E-state index is 11.4. The van der Waals surface area contributed by atoms with Crippen molar-refractivity contribution < 1.29 is 19.4 Å². The minimum absolute atomic E-state index is 0.0113. The quantitative estimate of drug-likeness (QED) is 0.619. The molecule has 0 aliphatic carbocycles. The van der Waals surface area contributed by atoms with Crippen LogP contribution in [-0.2, 0) is 9.53 Å². The molecule has 102 valence electrons. The van der Waals surface area contributed by atoms with Crippen molar-refractivity contribution in [3.8, 4) is 0 Å². The number of carbonyl (C=O) groups excluding carboxylic acids is 1. The minimum atomic E-state index is -1.09. The number of carboxylic acids is 1. The summed E-state index contributed by atoms with van der Waals surface area (Å²) in [6.45, 7) is 3.33. The molecule has 0 fully saturated rings. The fourth-order valence-corrected chi connectivity index (χ4v) is 1.69. The lowest BCUT2D eigenvalue weighted by atomic mass is 10.2. The first-order chi connectivity index (χ1) is 9.02. The van der Waals surface area contributed by atoms with Gasteiger partial charge in [0.05, 0.1) is 6.61 Å². The standard InChI is InChI=1S/C13H15NO4S/c1-9(12(15)16)6-7-18-13(17)14-10-4-3-5-11(8-10)19-2/h3-5,8H,1,6-7H2,2H3,(H,14,17)(H,15,16). The van der Waals surface area contributed by atoms with E-state index in [0.29, 0.717) is 5.69 Å². The molecule has 0 aliphatic heterocycles. The molecule has 0 unspecified atom stereocenters. The van der Waals surface area contributed by atoms with E-state index in [-0.39, 0.29) is 18.6 Å². The van der Waals surface area contributed by atoms with Gasteiger partial charge in [-0.1, -0.05) is 12.6 Å². The van der Waals surface area contributed by atoms with Gasteiger partial charge in [0, 0.05) is 22.6 Å². The van der Waals surface area contributed by atoms with E-state index < -0.39 is 12.1 Å². The molecule has 0 bridgehead atoms. The smallest absolute Gasteiger partial charge is 0.411 e. The predicted molar refractivity (Wildman–Crippen MR) is 74.6 cm³/mol. The van der Waals surface area contributed by atoms with E-state index in [1.807, 2.05) is 24.5 Å². The number of amides is 1. The largest absolute Gasteiger partial charge is 0.478 e. The van der Waals surface area contributed by atoms with Gasteiger partial charge < -0.3 is 9.84 Å². The van der Waals surface area contributed by atoms with Crippen LogP contribution in [0.3, 0.4) is 0 Å². The molecule has 0 spiro atoms. The fourth-order valence-electron chi connectivity index (χ4n) is 1.23. The zero-order valence-electron chi connectivity index (χ0n) is 10.5. The van der Waals surface area contributed by atoms with E-state index in [1.165, 1.54) is 0 Å². The third-order valence-corrected chi connectivity index (χ3v) is 2.98. The number of thioether (sulfide) groups is 1. The van der Waals surface area contributed by atoms with Gasteiger partial charge in [0.25, 0.3) is 0 Å². The van der Waals surface area contributed by atoms with E-state index in [2.05, 4.69) is 11.9 Å². The molecule has 19 heavy (non-hydrogen) atoms. The first-order valence-corrected chi connectivity index (χ1v) is 6.74. The fraction of sp³-hybridized carbons (Fsp3) is 0.231. The lowest BCUT2D eigenvalue weighted by molar-refractivity contribution is -0.132. The summed E-state index contributed by atoms with van der Waals surface area (Å²) in [5.41, 5.74) is 0.645.